The Morgan fingerprint density at radius 3 is 2.20 bits per heavy atom. The first-order valence-electron chi connectivity index (χ1n) is 3.06. The van der Waals surface area contributed by atoms with Gasteiger partial charge in [-0.2, -0.15) is 0 Å². The second-order valence-electron chi connectivity index (χ2n) is 2.29. The number of aliphatic hydroxyl groups is 3. The fourth-order valence-electron chi connectivity index (χ4n) is 0.531. The van der Waals surface area contributed by atoms with Gasteiger partial charge in [0.1, 0.15) is 6.23 Å². The highest BCUT2D eigenvalue weighted by Gasteiger charge is 2.01. The van der Waals surface area contributed by atoms with Crippen LogP contribution in [-0.4, -0.2) is 27.6 Å². The molecule has 0 aliphatic heterocycles. The van der Waals surface area contributed by atoms with Gasteiger partial charge >= 0.3 is 0 Å². The van der Waals surface area contributed by atoms with Gasteiger partial charge in [-0.15, -0.1) is 0 Å². The number of nitrogens with one attached hydrogen (secondary N) is 1. The van der Waals surface area contributed by atoms with Gasteiger partial charge in [0.2, 0.25) is 0 Å². The van der Waals surface area contributed by atoms with E-state index in [4.69, 9.17) is 15.3 Å². The number of hydrogen-bond donors (Lipinski definition) is 4. The van der Waals surface area contributed by atoms with Crippen LogP contribution in [-0.2, 0) is 0 Å². The largest absolute Gasteiger partial charge is 0.481 e. The van der Waals surface area contributed by atoms with Crippen molar-refractivity contribution >= 4 is 0 Å². The quantitative estimate of drug-likeness (QED) is 0.341. The molecule has 0 rings (SSSR count). The van der Waals surface area contributed by atoms with Gasteiger partial charge in [0.15, 0.2) is 0 Å². The van der Waals surface area contributed by atoms with Gasteiger partial charge in [-0.1, -0.05) is 0 Å². The van der Waals surface area contributed by atoms with Gasteiger partial charge in [0.25, 0.3) is 5.95 Å². The highest BCUT2D eigenvalue weighted by molar-refractivity contribution is 4.86. The Labute approximate surface area is 59.8 Å². The van der Waals surface area contributed by atoms with Crippen LogP contribution in [0, 0.1) is 0 Å². The Morgan fingerprint density at radius 2 is 1.90 bits per heavy atom. The third kappa shape index (κ3) is 5.40. The molecule has 1 atom stereocenters. The maximum Gasteiger partial charge on any atom is 0.273 e. The lowest BCUT2D eigenvalue weighted by Gasteiger charge is -2.10. The van der Waals surface area contributed by atoms with E-state index in [1.807, 2.05) is 13.8 Å². The number of hydrogen-bond acceptors (Lipinski definition) is 4. The van der Waals surface area contributed by atoms with Crippen LogP contribution in [0.3, 0.4) is 0 Å². The van der Waals surface area contributed by atoms with Crippen LogP contribution in [0.15, 0.2) is 12.0 Å². The normalized spacial score (nSPS) is 13.2. The molecule has 60 valence electrons. The van der Waals surface area contributed by atoms with Crippen LogP contribution in [0.25, 0.3) is 0 Å². The summed E-state index contributed by atoms with van der Waals surface area (Å²) in [5, 5.41) is 28.0. The van der Waals surface area contributed by atoms with Crippen LogP contribution >= 0.6 is 0 Å². The minimum Gasteiger partial charge on any atom is -0.481 e. The van der Waals surface area contributed by atoms with Crippen LogP contribution in [0.5, 0.6) is 0 Å². The molecule has 0 bridgehead atoms. The van der Waals surface area contributed by atoms with Crippen LogP contribution in [0.4, 0.5) is 0 Å². The molecule has 0 amide bonds. The zero-order valence-corrected chi connectivity index (χ0v) is 6.07. The topological polar surface area (TPSA) is 72.7 Å². The summed E-state index contributed by atoms with van der Waals surface area (Å²) in [7, 11) is 0. The highest BCUT2D eigenvalue weighted by atomic mass is 16.5. The van der Waals surface area contributed by atoms with Gasteiger partial charge in [-0.25, -0.2) is 0 Å². The molecule has 4 heteroatoms. The van der Waals surface area contributed by atoms with E-state index >= 15 is 0 Å². The molecule has 0 aliphatic rings. The lowest BCUT2D eigenvalue weighted by Crippen LogP contribution is -2.33. The highest BCUT2D eigenvalue weighted by Crippen LogP contribution is 1.87. The second-order valence-corrected chi connectivity index (χ2v) is 2.29. The Hall–Kier alpha value is -0.740. The standard InChI is InChI=1S/C6H13NO3/c1-4(2)7-5(8)3-6(9)10/h3-5,7-10H,1-2H3. The molecule has 4 nitrogen and oxygen atoms in total. The summed E-state index contributed by atoms with van der Waals surface area (Å²) in [5.41, 5.74) is 0. The summed E-state index contributed by atoms with van der Waals surface area (Å²) in [6.07, 6.45) is -0.0926. The van der Waals surface area contributed by atoms with Crippen molar-refractivity contribution in [1.82, 2.24) is 5.32 Å². The van der Waals surface area contributed by atoms with Crippen molar-refractivity contribution in [2.45, 2.75) is 26.1 Å². The average Bonchev–Trinajstić information content (AvgIpc) is 1.58. The second kappa shape index (κ2) is 4.14. The molecule has 0 saturated carbocycles. The summed E-state index contributed by atoms with van der Waals surface area (Å²) < 4.78 is 0. The minimum absolute atomic E-state index is 0.102. The molecule has 0 aromatic carbocycles. The maximum atomic E-state index is 8.88. The molecule has 0 saturated heterocycles. The van der Waals surface area contributed by atoms with Gasteiger partial charge in [-0.05, 0) is 13.8 Å². The molecule has 0 aromatic heterocycles. The van der Waals surface area contributed by atoms with E-state index in [1.54, 1.807) is 0 Å². The molecule has 0 radical (unpaired) electrons. The Kier molecular flexibility index (Phi) is 3.83. The van der Waals surface area contributed by atoms with Gasteiger partial charge in [0, 0.05) is 12.1 Å². The molecule has 1 unspecified atom stereocenters. The Balaban J connectivity index is 3.64. The van der Waals surface area contributed by atoms with Crippen LogP contribution < -0.4 is 5.32 Å². The molecular weight excluding hydrogens is 134 g/mol. The lowest BCUT2D eigenvalue weighted by molar-refractivity contribution is 0.142. The van der Waals surface area contributed by atoms with E-state index in [0.717, 1.165) is 6.08 Å². The van der Waals surface area contributed by atoms with Crippen molar-refractivity contribution in [1.29, 1.82) is 0 Å². The molecule has 10 heavy (non-hydrogen) atoms. The molecule has 0 heterocycles. The number of aliphatic hydroxyl groups excluding tert-OH is 2. The van der Waals surface area contributed by atoms with E-state index in [9.17, 15) is 0 Å². The summed E-state index contributed by atoms with van der Waals surface area (Å²) in [4.78, 5) is 0. The fraction of sp³-hybridized carbons (Fsp3) is 0.667. The first kappa shape index (κ1) is 9.26. The molecule has 0 aromatic rings. The van der Waals surface area contributed by atoms with Crippen molar-refractivity contribution in [2.24, 2.45) is 0 Å². The fourth-order valence-corrected chi connectivity index (χ4v) is 0.531. The molecule has 4 N–H and O–H groups in total. The predicted octanol–water partition coefficient (Wildman–Crippen LogP) is 0.260. The molecule has 0 spiro atoms. The average molecular weight is 147 g/mol. The van der Waals surface area contributed by atoms with Gasteiger partial charge in [-0.3, -0.25) is 5.32 Å². The SMILES string of the molecule is CC(C)NC(O)C=C(O)O. The summed E-state index contributed by atoms with van der Waals surface area (Å²) >= 11 is 0. The first-order valence-corrected chi connectivity index (χ1v) is 3.06. The predicted molar refractivity (Wildman–Crippen MR) is 37.6 cm³/mol. The molecule has 0 aliphatic carbocycles. The van der Waals surface area contributed by atoms with Crippen LogP contribution in [0.1, 0.15) is 13.8 Å². The van der Waals surface area contributed by atoms with Crippen molar-refractivity contribution in [3.05, 3.63) is 12.0 Å². The van der Waals surface area contributed by atoms with Gasteiger partial charge < -0.3 is 15.3 Å². The van der Waals surface area contributed by atoms with E-state index < -0.39 is 12.2 Å². The van der Waals surface area contributed by atoms with E-state index in [2.05, 4.69) is 5.32 Å². The maximum absolute atomic E-state index is 8.88. The third-order valence-corrected chi connectivity index (χ3v) is 0.811. The van der Waals surface area contributed by atoms with Crippen molar-refractivity contribution < 1.29 is 15.3 Å². The van der Waals surface area contributed by atoms with Crippen molar-refractivity contribution in [3.63, 3.8) is 0 Å². The summed E-state index contributed by atoms with van der Waals surface area (Å²) in [6.45, 7) is 3.68. The van der Waals surface area contributed by atoms with Crippen LogP contribution in [0.2, 0.25) is 0 Å². The monoisotopic (exact) mass is 147 g/mol. The first-order chi connectivity index (χ1) is 4.52. The zero-order valence-electron chi connectivity index (χ0n) is 6.07. The lowest BCUT2D eigenvalue weighted by atomic mass is 10.4. The summed E-state index contributed by atoms with van der Waals surface area (Å²) in [6, 6.07) is 0.102. The van der Waals surface area contributed by atoms with Gasteiger partial charge in [0.05, 0.1) is 0 Å². The van der Waals surface area contributed by atoms with E-state index in [1.165, 1.54) is 0 Å². The Morgan fingerprint density at radius 1 is 1.40 bits per heavy atom. The zero-order chi connectivity index (χ0) is 8.15. The Bertz CT molecular complexity index is 118. The summed E-state index contributed by atoms with van der Waals surface area (Å²) in [5.74, 6) is -0.874. The van der Waals surface area contributed by atoms with E-state index in [-0.39, 0.29) is 6.04 Å². The third-order valence-electron chi connectivity index (χ3n) is 0.811. The van der Waals surface area contributed by atoms with E-state index in [0.29, 0.717) is 0 Å². The molecule has 0 fully saturated rings. The van der Waals surface area contributed by atoms with Crippen molar-refractivity contribution in [2.75, 3.05) is 0 Å². The smallest absolute Gasteiger partial charge is 0.273 e. The van der Waals surface area contributed by atoms with Crippen molar-refractivity contribution in [3.8, 4) is 0 Å². The molecular formula is C6H13NO3. The minimum atomic E-state index is -0.995. The number of rotatable bonds is 3.